The van der Waals surface area contributed by atoms with Crippen molar-refractivity contribution in [1.82, 2.24) is 0 Å². The summed E-state index contributed by atoms with van der Waals surface area (Å²) < 4.78 is 25.8. The summed E-state index contributed by atoms with van der Waals surface area (Å²) in [4.78, 5) is 0. The third-order valence-electron chi connectivity index (χ3n) is 0. The molecular weight excluding hydrogens is 687 g/mol. The summed E-state index contributed by atoms with van der Waals surface area (Å²) in [7, 11) is 0. The fourth-order valence-electron chi connectivity index (χ4n) is 0. The molecule has 3 nitrogen and oxygen atoms in total. The monoisotopic (exact) mass is 692 g/mol. The Labute approximate surface area is 171 Å². The zero-order valence-corrected chi connectivity index (χ0v) is 24.2. The molecule has 0 amide bonds. The molecule has 0 aromatic heterocycles. The summed E-state index contributed by atoms with van der Waals surface area (Å²) >= 11 is -4.08. The first-order valence-electron chi connectivity index (χ1n) is 0.612. The van der Waals surface area contributed by atoms with Gasteiger partial charge in [0.15, 0.2) is 0 Å². The van der Waals surface area contributed by atoms with Gasteiger partial charge in [0.05, 0.1) is 0 Å². The predicted octanol–water partition coefficient (Wildman–Crippen LogP) is -10.9. The van der Waals surface area contributed by atoms with Gasteiger partial charge in [-0.15, -0.1) is 0 Å². The molecule has 10 heavy (non-hydrogen) atoms. The van der Waals surface area contributed by atoms with Gasteiger partial charge >= 0.3 is 141 Å². The number of hydrogen-bond donors (Lipinski definition) is 0. The van der Waals surface area contributed by atoms with Gasteiger partial charge < -0.3 is 0 Å². The standard InChI is InChI=1S/2Bi.2Cu.2Na.3O.Ti.6H/q;;;;2*+1;;2*-1;;;;;;;. The van der Waals surface area contributed by atoms with Gasteiger partial charge in [-0.1, -0.05) is 0 Å². The van der Waals surface area contributed by atoms with E-state index in [4.69, 9.17) is 10.7 Å². The maximum atomic E-state index is 8.58. The topological polar surface area (TPSA) is 63.2 Å². The molecule has 0 aliphatic rings. The first-order valence-corrected chi connectivity index (χ1v) is 2.52. The Balaban J connectivity index is -0.00000000300. The second kappa shape index (κ2) is 36.8. The fraction of sp³-hybridized carbons (Fsp3) is 0. The normalized spacial score (nSPS) is 2.60. The average molecular weight is 693 g/mol. The Kier molecular flexibility index (Phi) is 167. The van der Waals surface area contributed by atoms with Gasteiger partial charge in [0, 0.05) is 34.1 Å². The minimum absolute atomic E-state index is 0. The fourth-order valence-corrected chi connectivity index (χ4v) is 0. The van der Waals surface area contributed by atoms with Gasteiger partial charge in [0.1, 0.15) is 0 Å². The van der Waals surface area contributed by atoms with Crippen LogP contribution in [0.1, 0.15) is 0 Å². The second-order valence-corrected chi connectivity index (χ2v) is 1.03. The SMILES string of the molecule is [BiH3].[BiH3].[Cu].[Cu].[Na+].[Na+].[O]=[Ti]([O-])[O-]. The quantitative estimate of drug-likeness (QED) is 0.237. The van der Waals surface area contributed by atoms with Crippen molar-refractivity contribution in [1.29, 1.82) is 0 Å². The van der Waals surface area contributed by atoms with Gasteiger partial charge in [0.25, 0.3) is 0 Å². The van der Waals surface area contributed by atoms with E-state index in [1.54, 1.807) is 0 Å². The third-order valence-corrected chi connectivity index (χ3v) is 0. The molecular formula is H6Bi2Cu2Na2O3Ti. The maximum absolute atomic E-state index is 8.58. The Morgan fingerprint density at radius 3 is 0.900 bits per heavy atom. The molecule has 0 aromatic carbocycles. The van der Waals surface area contributed by atoms with Crippen LogP contribution in [0, 0.1) is 0 Å². The Bertz CT molecular complexity index is 45.5. The number of hydrogen-bond acceptors (Lipinski definition) is 3. The summed E-state index contributed by atoms with van der Waals surface area (Å²) in [5.41, 5.74) is 0. The molecule has 0 aliphatic heterocycles. The Morgan fingerprint density at radius 2 is 0.900 bits per heavy atom. The molecule has 0 fully saturated rings. The summed E-state index contributed by atoms with van der Waals surface area (Å²) in [6.07, 6.45) is 0. The van der Waals surface area contributed by atoms with Gasteiger partial charge in [-0.2, -0.15) is 0 Å². The molecule has 10 heteroatoms. The molecule has 0 spiro atoms. The first kappa shape index (κ1) is 45.5. The number of rotatable bonds is 0. The molecule has 0 rings (SSSR count). The van der Waals surface area contributed by atoms with Gasteiger partial charge in [0.2, 0.25) is 0 Å². The molecule has 0 aliphatic carbocycles. The van der Waals surface area contributed by atoms with Crippen LogP contribution >= 0.6 is 0 Å². The van der Waals surface area contributed by atoms with E-state index >= 15 is 0 Å². The van der Waals surface area contributed by atoms with Crippen molar-refractivity contribution in [2.24, 2.45) is 0 Å². The Morgan fingerprint density at radius 1 is 0.900 bits per heavy atom. The molecule has 0 aromatic rings. The van der Waals surface area contributed by atoms with E-state index in [1.165, 1.54) is 0 Å². The zero-order valence-electron chi connectivity index (χ0n) is 5.74. The molecule has 0 saturated carbocycles. The third kappa shape index (κ3) is 72.2. The van der Waals surface area contributed by atoms with Crippen molar-refractivity contribution in [2.45, 2.75) is 0 Å². The summed E-state index contributed by atoms with van der Waals surface area (Å²) in [6.45, 7) is 0. The van der Waals surface area contributed by atoms with E-state index in [0.29, 0.717) is 0 Å². The van der Waals surface area contributed by atoms with Crippen LogP contribution in [-0.2, 0) is 56.1 Å². The van der Waals surface area contributed by atoms with E-state index in [9.17, 15) is 0 Å². The van der Waals surface area contributed by atoms with E-state index in [2.05, 4.69) is 0 Å². The van der Waals surface area contributed by atoms with Gasteiger partial charge in [-0.05, 0) is 0 Å². The summed E-state index contributed by atoms with van der Waals surface area (Å²) in [6, 6.07) is 0. The van der Waals surface area contributed by atoms with Crippen LogP contribution in [0.4, 0.5) is 0 Å². The van der Waals surface area contributed by atoms with E-state index in [1.807, 2.05) is 0 Å². The molecule has 2 radical (unpaired) electrons. The van der Waals surface area contributed by atoms with Crippen LogP contribution < -0.4 is 66.5 Å². The molecule has 0 N–H and O–H groups in total. The van der Waals surface area contributed by atoms with Crippen molar-refractivity contribution in [3.63, 3.8) is 0 Å². The van der Waals surface area contributed by atoms with Crippen LogP contribution in [0.2, 0.25) is 0 Å². The van der Waals surface area contributed by atoms with Crippen molar-refractivity contribution >= 4 is 52.4 Å². The first-order chi connectivity index (χ1) is 1.73. The van der Waals surface area contributed by atoms with Crippen LogP contribution in [0.3, 0.4) is 0 Å². The van der Waals surface area contributed by atoms with Crippen LogP contribution in [0.5, 0.6) is 0 Å². The minimum atomic E-state index is -4.08. The molecule has 0 bridgehead atoms. The van der Waals surface area contributed by atoms with Gasteiger partial charge in [-0.3, -0.25) is 0 Å². The van der Waals surface area contributed by atoms with Crippen molar-refractivity contribution in [3.05, 3.63) is 0 Å². The van der Waals surface area contributed by atoms with Crippen LogP contribution in [0.15, 0.2) is 0 Å². The van der Waals surface area contributed by atoms with Crippen molar-refractivity contribution in [3.8, 4) is 0 Å². The summed E-state index contributed by atoms with van der Waals surface area (Å²) in [5.74, 6) is 0. The van der Waals surface area contributed by atoms with E-state index in [0.717, 1.165) is 0 Å². The summed E-state index contributed by atoms with van der Waals surface area (Å²) in [5, 5.41) is 0. The molecule has 62 valence electrons. The van der Waals surface area contributed by atoms with E-state index in [-0.39, 0.29) is 146 Å². The second-order valence-electron chi connectivity index (χ2n) is 0.250. The molecule has 0 heterocycles. The van der Waals surface area contributed by atoms with Gasteiger partial charge in [-0.25, -0.2) is 0 Å². The zero-order chi connectivity index (χ0) is 3.58. The Hall–Kier alpha value is 5.24. The van der Waals surface area contributed by atoms with Crippen LogP contribution in [0.25, 0.3) is 0 Å². The molecule has 0 atom stereocenters. The van der Waals surface area contributed by atoms with Crippen molar-refractivity contribution < 1.29 is 123 Å². The molecule has 0 unspecified atom stereocenters. The van der Waals surface area contributed by atoms with E-state index < -0.39 is 18.6 Å². The van der Waals surface area contributed by atoms with Crippen LogP contribution in [-0.4, -0.2) is 52.4 Å². The molecule has 0 saturated heterocycles. The average Bonchev–Trinajstić information content (AvgIpc) is 0.811. The predicted molar refractivity (Wildman–Crippen MR) is 20.6 cm³/mol. The van der Waals surface area contributed by atoms with Crippen molar-refractivity contribution in [2.75, 3.05) is 0 Å².